The highest BCUT2D eigenvalue weighted by Gasteiger charge is 2.06. The molecule has 5 nitrogen and oxygen atoms in total. The number of carbonyl (C=O) groups is 1. The van der Waals surface area contributed by atoms with E-state index in [1.165, 1.54) is 0 Å². The molecule has 6 heteroatoms. The van der Waals surface area contributed by atoms with Crippen LogP contribution in [0.5, 0.6) is 0 Å². The Morgan fingerprint density at radius 2 is 2.50 bits per heavy atom. The van der Waals surface area contributed by atoms with Crippen LogP contribution in [-0.4, -0.2) is 29.2 Å². The third kappa shape index (κ3) is 6.38. The maximum absolute atomic E-state index is 10.8. The molecule has 0 heterocycles. The van der Waals surface area contributed by atoms with Gasteiger partial charge in [0.25, 0.3) is 0 Å². The molecule has 0 aromatic rings. The molecule has 0 aliphatic carbocycles. The second-order valence-corrected chi connectivity index (χ2v) is 3.66. The van der Waals surface area contributed by atoms with Crippen LogP contribution in [0.2, 0.25) is 0 Å². The zero-order valence-electron chi connectivity index (χ0n) is 7.99. The van der Waals surface area contributed by atoms with E-state index in [0.717, 1.165) is 11.8 Å². The third-order valence-electron chi connectivity index (χ3n) is 1.13. The summed E-state index contributed by atoms with van der Waals surface area (Å²) >= 11 is 1.13. The number of nitrogens with zero attached hydrogens (tertiary/aromatic N) is 1. The molecular formula is C8H14N4OS. The van der Waals surface area contributed by atoms with E-state index in [0.29, 0.717) is 0 Å². The number of thioether (sulfide) groups is 1. The van der Waals surface area contributed by atoms with E-state index < -0.39 is 0 Å². The van der Waals surface area contributed by atoms with Crippen molar-refractivity contribution >= 4 is 29.1 Å². The van der Waals surface area contributed by atoms with Crippen LogP contribution in [0.3, 0.4) is 0 Å². The Morgan fingerprint density at radius 1 is 1.86 bits per heavy atom. The molecule has 1 amide bonds. The molecule has 0 aromatic heterocycles. The highest BCUT2D eigenvalue weighted by atomic mass is 32.2. The molecular weight excluding hydrogens is 200 g/mol. The van der Waals surface area contributed by atoms with Crippen LogP contribution in [-0.2, 0) is 4.79 Å². The molecule has 0 bridgehead atoms. The van der Waals surface area contributed by atoms with Crippen LogP contribution in [0, 0.1) is 5.41 Å². The van der Waals surface area contributed by atoms with Gasteiger partial charge in [0, 0.05) is 6.21 Å². The minimum Gasteiger partial charge on any atom is -0.322 e. The number of hydrogen-bond acceptors (Lipinski definition) is 5. The number of amides is 1. The van der Waals surface area contributed by atoms with Crippen LogP contribution < -0.4 is 11.1 Å². The second-order valence-electron chi connectivity index (χ2n) is 2.33. The fraction of sp³-hybridized carbons (Fsp3) is 0.375. The SMILES string of the molecule is C=C/C=N\C(C)SC(=N)NC(=O)CN. The number of amidine groups is 1. The zero-order valence-corrected chi connectivity index (χ0v) is 8.80. The van der Waals surface area contributed by atoms with E-state index in [4.69, 9.17) is 11.1 Å². The molecule has 1 atom stereocenters. The molecule has 0 radical (unpaired) electrons. The monoisotopic (exact) mass is 214 g/mol. The average molecular weight is 214 g/mol. The van der Waals surface area contributed by atoms with Gasteiger partial charge in [-0.1, -0.05) is 24.4 Å². The molecule has 0 spiro atoms. The van der Waals surface area contributed by atoms with Crippen molar-refractivity contribution in [1.82, 2.24) is 5.32 Å². The van der Waals surface area contributed by atoms with Gasteiger partial charge in [-0.2, -0.15) is 0 Å². The maximum atomic E-state index is 10.8. The first-order valence-corrected chi connectivity index (χ1v) is 4.87. The first kappa shape index (κ1) is 12.9. The normalized spacial score (nSPS) is 12.4. The van der Waals surface area contributed by atoms with E-state index in [-0.39, 0.29) is 23.0 Å². The summed E-state index contributed by atoms with van der Waals surface area (Å²) in [5.41, 5.74) is 5.07. The Hall–Kier alpha value is -1.14. The molecule has 1 unspecified atom stereocenters. The number of nitrogens with two attached hydrogens (primary N) is 1. The van der Waals surface area contributed by atoms with Crippen molar-refractivity contribution in [3.63, 3.8) is 0 Å². The predicted molar refractivity (Wildman–Crippen MR) is 60.7 cm³/mol. The average Bonchev–Trinajstić information content (AvgIpc) is 2.14. The lowest BCUT2D eigenvalue weighted by Crippen LogP contribution is -2.33. The Labute approximate surface area is 87.4 Å². The van der Waals surface area contributed by atoms with Gasteiger partial charge in [0.05, 0.1) is 11.9 Å². The summed E-state index contributed by atoms with van der Waals surface area (Å²) in [6, 6.07) is 0. The van der Waals surface area contributed by atoms with Crippen molar-refractivity contribution in [2.45, 2.75) is 12.3 Å². The van der Waals surface area contributed by atoms with E-state index in [2.05, 4.69) is 16.9 Å². The second kappa shape index (κ2) is 7.28. The lowest BCUT2D eigenvalue weighted by molar-refractivity contribution is -0.118. The van der Waals surface area contributed by atoms with Crippen molar-refractivity contribution in [3.8, 4) is 0 Å². The number of rotatable bonds is 4. The van der Waals surface area contributed by atoms with Gasteiger partial charge < -0.3 is 11.1 Å². The van der Waals surface area contributed by atoms with Crippen LogP contribution in [0.4, 0.5) is 0 Å². The molecule has 0 saturated heterocycles. The van der Waals surface area contributed by atoms with Gasteiger partial charge in [-0.05, 0) is 6.92 Å². The molecule has 0 rings (SSSR count). The van der Waals surface area contributed by atoms with E-state index in [1.807, 2.05) is 6.92 Å². The van der Waals surface area contributed by atoms with Crippen molar-refractivity contribution in [2.24, 2.45) is 10.7 Å². The quantitative estimate of drug-likeness (QED) is 0.465. The maximum Gasteiger partial charge on any atom is 0.239 e. The summed E-state index contributed by atoms with van der Waals surface area (Å²) in [6.07, 6.45) is 3.11. The van der Waals surface area contributed by atoms with Crippen LogP contribution >= 0.6 is 11.8 Å². The molecule has 0 aromatic carbocycles. The first-order chi connectivity index (χ1) is 6.60. The smallest absolute Gasteiger partial charge is 0.239 e. The lowest BCUT2D eigenvalue weighted by atomic mass is 10.6. The van der Waals surface area contributed by atoms with Crippen molar-refractivity contribution in [3.05, 3.63) is 12.7 Å². The molecule has 0 aliphatic rings. The van der Waals surface area contributed by atoms with Crippen LogP contribution in [0.1, 0.15) is 6.92 Å². The molecule has 14 heavy (non-hydrogen) atoms. The van der Waals surface area contributed by atoms with Gasteiger partial charge in [0.1, 0.15) is 0 Å². The summed E-state index contributed by atoms with van der Waals surface area (Å²) in [7, 11) is 0. The summed E-state index contributed by atoms with van der Waals surface area (Å²) in [6.45, 7) is 5.17. The minimum atomic E-state index is -0.373. The molecule has 78 valence electrons. The summed E-state index contributed by atoms with van der Waals surface area (Å²) in [5, 5.41) is 9.61. The van der Waals surface area contributed by atoms with Gasteiger partial charge in [-0.15, -0.1) is 0 Å². The van der Waals surface area contributed by atoms with E-state index in [1.54, 1.807) is 12.3 Å². The topological polar surface area (TPSA) is 91.3 Å². The highest BCUT2D eigenvalue weighted by molar-refractivity contribution is 8.14. The van der Waals surface area contributed by atoms with Gasteiger partial charge >= 0.3 is 0 Å². The van der Waals surface area contributed by atoms with Crippen molar-refractivity contribution < 1.29 is 4.79 Å². The number of nitrogens with one attached hydrogen (secondary N) is 2. The van der Waals surface area contributed by atoms with Gasteiger partial charge in [0.2, 0.25) is 5.91 Å². The number of allylic oxidation sites excluding steroid dienone is 1. The summed E-state index contributed by atoms with van der Waals surface area (Å²) in [5.74, 6) is -0.373. The van der Waals surface area contributed by atoms with Gasteiger partial charge in [0.15, 0.2) is 5.17 Å². The predicted octanol–water partition coefficient (Wildman–Crippen LogP) is 0.332. The minimum absolute atomic E-state index is 0.0502. The standard InChI is InChI=1S/C8H14N4OS/c1-3-4-11-6(2)14-8(10)12-7(13)5-9/h3-4,6H,1,5,9H2,2H3,(H2,10,12,13)/b11-4-. The molecule has 0 fully saturated rings. The molecule has 0 saturated carbocycles. The Bertz CT molecular complexity index is 252. The van der Waals surface area contributed by atoms with Crippen LogP contribution in [0.15, 0.2) is 17.6 Å². The third-order valence-corrected chi connectivity index (χ3v) is 1.93. The number of carbonyl (C=O) groups excluding carboxylic acids is 1. The van der Waals surface area contributed by atoms with Gasteiger partial charge in [-0.3, -0.25) is 15.2 Å². The number of hydrogen-bond donors (Lipinski definition) is 3. The van der Waals surface area contributed by atoms with Gasteiger partial charge in [-0.25, -0.2) is 0 Å². The Morgan fingerprint density at radius 3 is 3.00 bits per heavy atom. The summed E-state index contributed by atoms with van der Waals surface area (Å²) in [4.78, 5) is 14.8. The Kier molecular flexibility index (Phi) is 6.69. The fourth-order valence-corrected chi connectivity index (χ4v) is 1.24. The first-order valence-electron chi connectivity index (χ1n) is 3.99. The van der Waals surface area contributed by atoms with Crippen LogP contribution in [0.25, 0.3) is 0 Å². The highest BCUT2D eigenvalue weighted by Crippen LogP contribution is 2.10. The number of aliphatic imine (C=N–C) groups is 1. The summed E-state index contributed by atoms with van der Waals surface area (Å²) < 4.78 is 0. The Balaban J connectivity index is 3.87. The fourth-order valence-electron chi connectivity index (χ4n) is 0.590. The zero-order chi connectivity index (χ0) is 11.0. The lowest BCUT2D eigenvalue weighted by Gasteiger charge is -2.07. The van der Waals surface area contributed by atoms with Crippen molar-refractivity contribution in [2.75, 3.05) is 6.54 Å². The van der Waals surface area contributed by atoms with Crippen molar-refractivity contribution in [1.29, 1.82) is 5.41 Å². The van der Waals surface area contributed by atoms with E-state index >= 15 is 0 Å². The molecule has 4 N–H and O–H groups in total. The largest absolute Gasteiger partial charge is 0.322 e. The van der Waals surface area contributed by atoms with E-state index in [9.17, 15) is 4.79 Å². The molecule has 0 aliphatic heterocycles.